The molecule has 4 rings (SSSR count). The molecular formula is C26H27Cl2N3O2. The SMILES string of the molecule is Cc1ccc(Cl)c(Nc2ccccc2C(=O)NCC2CC(O)N(Cc3ccccc3)C2)c1Cl. The first-order valence-electron chi connectivity index (χ1n) is 11.0. The van der Waals surface area contributed by atoms with Gasteiger partial charge in [0.1, 0.15) is 6.23 Å². The summed E-state index contributed by atoms with van der Waals surface area (Å²) in [6, 6.07) is 21.0. The van der Waals surface area contributed by atoms with Crippen LogP contribution in [0.15, 0.2) is 66.7 Å². The van der Waals surface area contributed by atoms with E-state index in [1.165, 1.54) is 0 Å². The van der Waals surface area contributed by atoms with E-state index in [9.17, 15) is 9.90 Å². The van der Waals surface area contributed by atoms with Crippen LogP contribution < -0.4 is 10.6 Å². The number of hydrogen-bond donors (Lipinski definition) is 3. The van der Waals surface area contributed by atoms with E-state index in [2.05, 4.69) is 22.8 Å². The first-order valence-corrected chi connectivity index (χ1v) is 11.7. The molecule has 2 unspecified atom stereocenters. The van der Waals surface area contributed by atoms with Crippen molar-refractivity contribution < 1.29 is 9.90 Å². The quantitative estimate of drug-likeness (QED) is 0.408. The van der Waals surface area contributed by atoms with E-state index >= 15 is 0 Å². The number of halogens is 2. The number of para-hydroxylation sites is 1. The van der Waals surface area contributed by atoms with Gasteiger partial charge in [-0.1, -0.05) is 71.7 Å². The maximum absolute atomic E-state index is 13.0. The number of likely N-dealkylation sites (tertiary alicyclic amines) is 1. The first kappa shape index (κ1) is 23.6. The summed E-state index contributed by atoms with van der Waals surface area (Å²) in [6.45, 7) is 3.81. The standard InChI is InChI=1S/C26H27Cl2N3O2/c1-17-11-12-21(27)25(24(17)28)30-22-10-6-5-9-20(22)26(33)29-14-19-13-23(32)31(16-19)15-18-7-3-2-4-8-18/h2-12,19,23,30,32H,13-16H2,1H3,(H,29,33). The Balaban J connectivity index is 1.39. The summed E-state index contributed by atoms with van der Waals surface area (Å²) in [5.41, 5.74) is 3.77. The molecule has 1 amide bonds. The summed E-state index contributed by atoms with van der Waals surface area (Å²) in [5.74, 6) is -0.0116. The van der Waals surface area contributed by atoms with E-state index in [0.29, 0.717) is 46.5 Å². The largest absolute Gasteiger partial charge is 0.378 e. The molecule has 3 aromatic carbocycles. The third-order valence-electron chi connectivity index (χ3n) is 5.95. The number of nitrogens with zero attached hydrogens (tertiary/aromatic N) is 1. The van der Waals surface area contributed by atoms with Crippen LogP contribution in [0.3, 0.4) is 0 Å². The topological polar surface area (TPSA) is 64.6 Å². The highest BCUT2D eigenvalue weighted by atomic mass is 35.5. The molecule has 0 bridgehead atoms. The molecule has 7 heteroatoms. The normalized spacial score (nSPS) is 18.3. The highest BCUT2D eigenvalue weighted by Crippen LogP contribution is 2.36. The number of aryl methyl sites for hydroxylation is 1. The monoisotopic (exact) mass is 483 g/mol. The number of amides is 1. The molecule has 0 aromatic heterocycles. The summed E-state index contributed by atoms with van der Waals surface area (Å²) in [4.78, 5) is 15.1. The van der Waals surface area contributed by atoms with Gasteiger partial charge in [0.05, 0.1) is 27.0 Å². The lowest BCUT2D eigenvalue weighted by molar-refractivity contribution is 0.0328. The number of benzene rings is 3. The number of anilines is 2. The van der Waals surface area contributed by atoms with Crippen LogP contribution in [0.4, 0.5) is 11.4 Å². The summed E-state index contributed by atoms with van der Waals surface area (Å²) < 4.78 is 0. The van der Waals surface area contributed by atoms with Crippen molar-refractivity contribution in [3.05, 3.63) is 93.5 Å². The molecule has 1 fully saturated rings. The average Bonchev–Trinajstić information content (AvgIpc) is 3.17. The number of hydrogen-bond acceptors (Lipinski definition) is 4. The van der Waals surface area contributed by atoms with Crippen LogP contribution in [-0.2, 0) is 6.54 Å². The van der Waals surface area contributed by atoms with Crippen LogP contribution in [0.25, 0.3) is 0 Å². The molecule has 1 saturated heterocycles. The summed E-state index contributed by atoms with van der Waals surface area (Å²) in [6.07, 6.45) is 0.119. The smallest absolute Gasteiger partial charge is 0.253 e. The Morgan fingerprint density at radius 2 is 1.79 bits per heavy atom. The summed E-state index contributed by atoms with van der Waals surface area (Å²) in [5, 5.41) is 17.7. The fourth-order valence-corrected chi connectivity index (χ4v) is 4.60. The van der Waals surface area contributed by atoms with Crippen molar-refractivity contribution in [2.45, 2.75) is 26.1 Å². The first-order chi connectivity index (χ1) is 15.9. The fraction of sp³-hybridized carbons (Fsp3) is 0.269. The van der Waals surface area contributed by atoms with Crippen LogP contribution >= 0.6 is 23.2 Å². The molecule has 1 aliphatic rings. The molecule has 0 saturated carbocycles. The van der Waals surface area contributed by atoms with Gasteiger partial charge in [0.15, 0.2) is 0 Å². The molecule has 1 heterocycles. The van der Waals surface area contributed by atoms with Crippen LogP contribution in [-0.4, -0.2) is 35.2 Å². The lowest BCUT2D eigenvalue weighted by Gasteiger charge is -2.20. The van der Waals surface area contributed by atoms with Crippen molar-refractivity contribution in [2.24, 2.45) is 5.92 Å². The van der Waals surface area contributed by atoms with Gasteiger partial charge in [0, 0.05) is 19.6 Å². The minimum absolute atomic E-state index is 0.174. The van der Waals surface area contributed by atoms with Gasteiger partial charge in [-0.15, -0.1) is 0 Å². The van der Waals surface area contributed by atoms with Crippen molar-refractivity contribution in [3.8, 4) is 0 Å². The number of rotatable bonds is 7. The highest BCUT2D eigenvalue weighted by molar-refractivity contribution is 6.39. The van der Waals surface area contributed by atoms with Crippen molar-refractivity contribution in [1.29, 1.82) is 0 Å². The molecule has 3 N–H and O–H groups in total. The van der Waals surface area contributed by atoms with Gasteiger partial charge in [-0.3, -0.25) is 9.69 Å². The molecule has 0 spiro atoms. The summed E-state index contributed by atoms with van der Waals surface area (Å²) >= 11 is 12.8. The van der Waals surface area contributed by atoms with E-state index in [1.54, 1.807) is 12.1 Å². The molecule has 1 aliphatic heterocycles. The molecule has 33 heavy (non-hydrogen) atoms. The van der Waals surface area contributed by atoms with E-state index in [4.69, 9.17) is 23.2 Å². The minimum Gasteiger partial charge on any atom is -0.378 e. The Morgan fingerprint density at radius 3 is 2.58 bits per heavy atom. The second-order valence-electron chi connectivity index (χ2n) is 8.43. The molecule has 172 valence electrons. The predicted octanol–water partition coefficient (Wildman–Crippen LogP) is 5.62. The average molecular weight is 484 g/mol. The van der Waals surface area contributed by atoms with Gasteiger partial charge >= 0.3 is 0 Å². The lowest BCUT2D eigenvalue weighted by Crippen LogP contribution is -2.32. The van der Waals surface area contributed by atoms with Gasteiger partial charge < -0.3 is 15.7 Å². The van der Waals surface area contributed by atoms with Crippen molar-refractivity contribution in [3.63, 3.8) is 0 Å². The van der Waals surface area contributed by atoms with Crippen molar-refractivity contribution in [1.82, 2.24) is 10.2 Å². The maximum Gasteiger partial charge on any atom is 0.253 e. The molecule has 5 nitrogen and oxygen atoms in total. The van der Waals surface area contributed by atoms with E-state index in [0.717, 1.165) is 17.7 Å². The minimum atomic E-state index is -0.508. The van der Waals surface area contributed by atoms with Crippen LogP contribution in [0.2, 0.25) is 10.0 Å². The van der Waals surface area contributed by atoms with E-state index in [-0.39, 0.29) is 11.8 Å². The molecular weight excluding hydrogens is 457 g/mol. The third-order valence-corrected chi connectivity index (χ3v) is 6.76. The fourth-order valence-electron chi connectivity index (χ4n) is 4.14. The van der Waals surface area contributed by atoms with Crippen molar-refractivity contribution >= 4 is 40.5 Å². The molecule has 0 aliphatic carbocycles. The van der Waals surface area contributed by atoms with Crippen LogP contribution in [0.1, 0.15) is 27.9 Å². The number of carbonyl (C=O) groups is 1. The van der Waals surface area contributed by atoms with Crippen molar-refractivity contribution in [2.75, 3.05) is 18.4 Å². The number of nitrogens with one attached hydrogen (secondary N) is 2. The van der Waals surface area contributed by atoms with E-state index < -0.39 is 6.23 Å². The summed E-state index contributed by atoms with van der Waals surface area (Å²) in [7, 11) is 0. The van der Waals surface area contributed by atoms with Gasteiger partial charge in [-0.05, 0) is 48.6 Å². The number of aliphatic hydroxyl groups excluding tert-OH is 1. The van der Waals surface area contributed by atoms with Gasteiger partial charge in [0.2, 0.25) is 0 Å². The number of carbonyl (C=O) groups excluding carboxylic acids is 1. The second-order valence-corrected chi connectivity index (χ2v) is 9.22. The Morgan fingerprint density at radius 1 is 1.06 bits per heavy atom. The third kappa shape index (κ3) is 5.68. The second kappa shape index (κ2) is 10.6. The van der Waals surface area contributed by atoms with Gasteiger partial charge in [-0.25, -0.2) is 0 Å². The zero-order valence-corrected chi connectivity index (χ0v) is 19.9. The molecule has 3 aromatic rings. The van der Waals surface area contributed by atoms with Gasteiger partial charge in [0.25, 0.3) is 5.91 Å². The Kier molecular flexibility index (Phi) is 7.56. The number of aliphatic hydroxyl groups is 1. The Hall–Kier alpha value is -2.57. The van der Waals surface area contributed by atoms with Crippen LogP contribution in [0, 0.1) is 12.8 Å². The van der Waals surface area contributed by atoms with Crippen LogP contribution in [0.5, 0.6) is 0 Å². The molecule has 2 atom stereocenters. The lowest BCUT2D eigenvalue weighted by atomic mass is 10.1. The highest BCUT2D eigenvalue weighted by Gasteiger charge is 2.30. The Labute approximate surface area is 204 Å². The zero-order valence-electron chi connectivity index (χ0n) is 18.4. The van der Waals surface area contributed by atoms with Gasteiger partial charge in [-0.2, -0.15) is 0 Å². The predicted molar refractivity (Wildman–Crippen MR) is 134 cm³/mol. The zero-order chi connectivity index (χ0) is 23.4. The molecule has 0 radical (unpaired) electrons. The Bertz CT molecular complexity index is 1120. The van der Waals surface area contributed by atoms with E-state index in [1.807, 2.05) is 54.3 Å². The maximum atomic E-state index is 13.0.